The fourth-order valence-corrected chi connectivity index (χ4v) is 1.42. The van der Waals surface area contributed by atoms with E-state index in [1.165, 1.54) is 0 Å². The SMILES string of the molecule is CNC(=O)NC1(C)CC=CCC1. The fourth-order valence-electron chi connectivity index (χ4n) is 1.42. The van der Waals surface area contributed by atoms with Crippen molar-refractivity contribution in [3.63, 3.8) is 0 Å². The molecule has 0 aromatic rings. The molecule has 2 amide bonds. The van der Waals surface area contributed by atoms with Gasteiger partial charge in [-0.3, -0.25) is 0 Å². The Labute approximate surface area is 73.2 Å². The zero-order valence-electron chi connectivity index (χ0n) is 7.68. The molecule has 68 valence electrons. The standard InChI is InChI=1S/C9H16N2O/c1-9(11-8(12)10-2)6-4-3-5-7-9/h3-4H,5-7H2,1-2H3,(H2,10,11,12). The topological polar surface area (TPSA) is 41.1 Å². The van der Waals surface area contributed by atoms with Crippen LogP contribution in [0, 0.1) is 0 Å². The maximum Gasteiger partial charge on any atom is 0.314 e. The number of urea groups is 1. The lowest BCUT2D eigenvalue weighted by atomic mass is 9.88. The Morgan fingerprint density at radius 2 is 2.25 bits per heavy atom. The monoisotopic (exact) mass is 168 g/mol. The minimum absolute atomic E-state index is 0.0468. The smallest absolute Gasteiger partial charge is 0.314 e. The number of nitrogens with one attached hydrogen (secondary N) is 2. The summed E-state index contributed by atoms with van der Waals surface area (Å²) < 4.78 is 0. The summed E-state index contributed by atoms with van der Waals surface area (Å²) in [6, 6.07) is -0.0900. The second kappa shape index (κ2) is 3.61. The highest BCUT2D eigenvalue weighted by Gasteiger charge is 2.25. The highest BCUT2D eigenvalue weighted by atomic mass is 16.2. The first-order chi connectivity index (χ1) is 5.66. The van der Waals surface area contributed by atoms with E-state index in [-0.39, 0.29) is 11.6 Å². The molecule has 1 aliphatic carbocycles. The molecule has 0 saturated carbocycles. The minimum Gasteiger partial charge on any atom is -0.341 e. The molecule has 3 heteroatoms. The molecule has 0 saturated heterocycles. The van der Waals surface area contributed by atoms with Gasteiger partial charge in [0.15, 0.2) is 0 Å². The van der Waals surface area contributed by atoms with Crippen LogP contribution in [-0.4, -0.2) is 18.6 Å². The molecular formula is C9H16N2O. The number of hydrogen-bond acceptors (Lipinski definition) is 1. The van der Waals surface area contributed by atoms with Gasteiger partial charge >= 0.3 is 6.03 Å². The number of carbonyl (C=O) groups is 1. The second-order valence-corrected chi connectivity index (χ2v) is 3.48. The lowest BCUT2D eigenvalue weighted by Gasteiger charge is -2.31. The van der Waals surface area contributed by atoms with Crippen LogP contribution in [0.2, 0.25) is 0 Å². The summed E-state index contributed by atoms with van der Waals surface area (Å²) in [6.07, 6.45) is 7.30. The van der Waals surface area contributed by atoms with E-state index in [0.29, 0.717) is 0 Å². The number of allylic oxidation sites excluding steroid dienone is 1. The van der Waals surface area contributed by atoms with E-state index in [1.54, 1.807) is 7.05 Å². The molecule has 0 aliphatic heterocycles. The summed E-state index contributed by atoms with van der Waals surface area (Å²) in [6.45, 7) is 2.08. The van der Waals surface area contributed by atoms with E-state index < -0.39 is 0 Å². The maximum atomic E-state index is 11.0. The van der Waals surface area contributed by atoms with E-state index in [9.17, 15) is 4.79 Å². The average molecular weight is 168 g/mol. The molecule has 0 aromatic heterocycles. The van der Waals surface area contributed by atoms with Gasteiger partial charge in [-0.1, -0.05) is 12.2 Å². The summed E-state index contributed by atoms with van der Waals surface area (Å²) in [4.78, 5) is 11.0. The van der Waals surface area contributed by atoms with Gasteiger partial charge < -0.3 is 10.6 Å². The normalized spacial score (nSPS) is 28.2. The predicted molar refractivity (Wildman–Crippen MR) is 49.0 cm³/mol. The number of amides is 2. The van der Waals surface area contributed by atoms with Gasteiger partial charge in [0.1, 0.15) is 0 Å². The van der Waals surface area contributed by atoms with Crippen LogP contribution in [0.25, 0.3) is 0 Å². The number of hydrogen-bond donors (Lipinski definition) is 2. The van der Waals surface area contributed by atoms with Crippen LogP contribution in [0.5, 0.6) is 0 Å². The molecule has 0 heterocycles. The highest BCUT2D eigenvalue weighted by Crippen LogP contribution is 2.22. The number of carbonyl (C=O) groups excluding carboxylic acids is 1. The lowest BCUT2D eigenvalue weighted by Crippen LogP contribution is -2.49. The van der Waals surface area contributed by atoms with Crippen LogP contribution in [0.1, 0.15) is 26.2 Å². The Morgan fingerprint density at radius 1 is 1.50 bits per heavy atom. The maximum absolute atomic E-state index is 11.0. The van der Waals surface area contributed by atoms with Gasteiger partial charge in [-0.25, -0.2) is 4.79 Å². The Kier molecular flexibility index (Phi) is 2.74. The van der Waals surface area contributed by atoms with Crippen LogP contribution in [0.3, 0.4) is 0 Å². The first kappa shape index (κ1) is 9.10. The van der Waals surface area contributed by atoms with Gasteiger partial charge in [0.25, 0.3) is 0 Å². The van der Waals surface area contributed by atoms with E-state index in [0.717, 1.165) is 19.3 Å². The van der Waals surface area contributed by atoms with E-state index in [1.807, 2.05) is 0 Å². The summed E-state index contributed by atoms with van der Waals surface area (Å²) in [5.41, 5.74) is -0.0468. The van der Waals surface area contributed by atoms with Crippen molar-refractivity contribution in [3.8, 4) is 0 Å². The van der Waals surface area contributed by atoms with E-state index >= 15 is 0 Å². The van der Waals surface area contributed by atoms with Gasteiger partial charge in [0, 0.05) is 12.6 Å². The van der Waals surface area contributed by atoms with Gasteiger partial charge in [-0.15, -0.1) is 0 Å². The quantitative estimate of drug-likeness (QED) is 0.571. The van der Waals surface area contributed by atoms with Crippen molar-refractivity contribution >= 4 is 6.03 Å². The van der Waals surface area contributed by atoms with Crippen molar-refractivity contribution in [2.45, 2.75) is 31.7 Å². The summed E-state index contributed by atoms with van der Waals surface area (Å²) in [5.74, 6) is 0. The Bertz CT molecular complexity index is 201. The van der Waals surface area contributed by atoms with Crippen molar-refractivity contribution in [1.29, 1.82) is 0 Å². The van der Waals surface area contributed by atoms with E-state index in [2.05, 4.69) is 29.7 Å². The van der Waals surface area contributed by atoms with Crippen LogP contribution in [-0.2, 0) is 0 Å². The lowest BCUT2D eigenvalue weighted by molar-refractivity contribution is 0.226. The van der Waals surface area contributed by atoms with Gasteiger partial charge in [-0.2, -0.15) is 0 Å². The fraction of sp³-hybridized carbons (Fsp3) is 0.667. The number of rotatable bonds is 1. The molecule has 2 N–H and O–H groups in total. The predicted octanol–water partition coefficient (Wildman–Crippen LogP) is 1.41. The molecular weight excluding hydrogens is 152 g/mol. The van der Waals surface area contributed by atoms with E-state index in [4.69, 9.17) is 0 Å². The zero-order valence-corrected chi connectivity index (χ0v) is 7.68. The first-order valence-electron chi connectivity index (χ1n) is 4.31. The average Bonchev–Trinajstić information content (AvgIpc) is 2.05. The van der Waals surface area contributed by atoms with Gasteiger partial charge in [-0.05, 0) is 26.2 Å². The van der Waals surface area contributed by atoms with Crippen molar-refractivity contribution in [2.75, 3.05) is 7.05 Å². The summed E-state index contributed by atoms with van der Waals surface area (Å²) in [5, 5.41) is 5.51. The summed E-state index contributed by atoms with van der Waals surface area (Å²) >= 11 is 0. The third-order valence-corrected chi connectivity index (χ3v) is 2.24. The molecule has 0 bridgehead atoms. The van der Waals surface area contributed by atoms with Crippen molar-refractivity contribution in [2.24, 2.45) is 0 Å². The molecule has 1 unspecified atom stereocenters. The first-order valence-corrected chi connectivity index (χ1v) is 4.31. The Balaban J connectivity index is 2.48. The molecule has 12 heavy (non-hydrogen) atoms. The zero-order chi connectivity index (χ0) is 9.03. The minimum atomic E-state index is -0.0900. The molecule has 1 aliphatic rings. The molecule has 0 aromatic carbocycles. The van der Waals surface area contributed by atoms with Crippen LogP contribution in [0.15, 0.2) is 12.2 Å². The second-order valence-electron chi connectivity index (χ2n) is 3.48. The summed E-state index contributed by atoms with van der Waals surface area (Å²) in [7, 11) is 1.64. The largest absolute Gasteiger partial charge is 0.341 e. The Morgan fingerprint density at radius 3 is 2.75 bits per heavy atom. The third kappa shape index (κ3) is 2.26. The van der Waals surface area contributed by atoms with Gasteiger partial charge in [0.05, 0.1) is 0 Å². The molecule has 0 fully saturated rings. The molecule has 1 rings (SSSR count). The van der Waals surface area contributed by atoms with Crippen LogP contribution >= 0.6 is 0 Å². The van der Waals surface area contributed by atoms with Crippen LogP contribution in [0.4, 0.5) is 4.79 Å². The molecule has 0 spiro atoms. The molecule has 0 radical (unpaired) electrons. The highest BCUT2D eigenvalue weighted by molar-refractivity contribution is 5.74. The Hall–Kier alpha value is -0.990. The molecule has 3 nitrogen and oxygen atoms in total. The molecule has 1 atom stereocenters. The van der Waals surface area contributed by atoms with Crippen LogP contribution < -0.4 is 10.6 Å². The van der Waals surface area contributed by atoms with Crippen molar-refractivity contribution in [3.05, 3.63) is 12.2 Å². The van der Waals surface area contributed by atoms with Crippen molar-refractivity contribution < 1.29 is 4.79 Å². The van der Waals surface area contributed by atoms with Gasteiger partial charge in [0.2, 0.25) is 0 Å². The van der Waals surface area contributed by atoms with Crippen molar-refractivity contribution in [1.82, 2.24) is 10.6 Å². The third-order valence-electron chi connectivity index (χ3n) is 2.24.